The van der Waals surface area contributed by atoms with E-state index in [1.54, 1.807) is 7.11 Å². The van der Waals surface area contributed by atoms with Crippen LogP contribution in [0.5, 0.6) is 0 Å². The van der Waals surface area contributed by atoms with Gasteiger partial charge in [-0.25, -0.2) is 0 Å². The lowest BCUT2D eigenvalue weighted by Gasteiger charge is -2.14. The van der Waals surface area contributed by atoms with Crippen molar-refractivity contribution in [2.75, 3.05) is 25.6 Å². The van der Waals surface area contributed by atoms with Crippen molar-refractivity contribution >= 4 is 23.0 Å². The number of para-hydroxylation sites is 1. The maximum atomic E-state index is 5.33. The standard InChI is InChI=1S/C17H20N2OS/c1-20-13-7-12-18-17(21)19-16-11-6-5-10-15(16)14-8-3-2-4-9-14/h2-6,8-11H,7,12-13H2,1H3,(H2,18,19,21). The number of thiocarbonyl (C=S) groups is 1. The first-order valence-corrected chi connectivity index (χ1v) is 7.40. The Labute approximate surface area is 131 Å². The molecule has 0 spiro atoms. The average molecular weight is 300 g/mol. The lowest BCUT2D eigenvalue weighted by atomic mass is 10.0. The van der Waals surface area contributed by atoms with Gasteiger partial charge in [-0.3, -0.25) is 0 Å². The van der Waals surface area contributed by atoms with E-state index >= 15 is 0 Å². The summed E-state index contributed by atoms with van der Waals surface area (Å²) in [5.41, 5.74) is 3.31. The number of hydrogen-bond acceptors (Lipinski definition) is 2. The molecule has 3 nitrogen and oxygen atoms in total. The average Bonchev–Trinajstić information content (AvgIpc) is 2.53. The first-order chi connectivity index (χ1) is 10.3. The summed E-state index contributed by atoms with van der Waals surface area (Å²) in [5, 5.41) is 7.08. The van der Waals surface area contributed by atoms with Crippen LogP contribution in [0.2, 0.25) is 0 Å². The predicted molar refractivity (Wildman–Crippen MR) is 92.6 cm³/mol. The van der Waals surface area contributed by atoms with Gasteiger partial charge in [0.15, 0.2) is 5.11 Å². The van der Waals surface area contributed by atoms with Crippen molar-refractivity contribution in [3.63, 3.8) is 0 Å². The molecule has 0 aliphatic heterocycles. The second kappa shape index (κ2) is 8.39. The molecule has 0 unspecified atom stereocenters. The Hall–Kier alpha value is -1.91. The summed E-state index contributed by atoms with van der Waals surface area (Å²) < 4.78 is 5.02. The quantitative estimate of drug-likeness (QED) is 0.630. The van der Waals surface area contributed by atoms with Crippen molar-refractivity contribution in [3.8, 4) is 11.1 Å². The highest BCUT2D eigenvalue weighted by molar-refractivity contribution is 7.80. The molecule has 0 fully saturated rings. The fourth-order valence-corrected chi connectivity index (χ4v) is 2.26. The van der Waals surface area contributed by atoms with Crippen LogP contribution < -0.4 is 10.6 Å². The third kappa shape index (κ3) is 4.85. The molecule has 0 saturated heterocycles. The number of methoxy groups -OCH3 is 1. The molecule has 2 aromatic rings. The molecule has 0 radical (unpaired) electrons. The summed E-state index contributed by atoms with van der Waals surface area (Å²) >= 11 is 5.33. The Morgan fingerprint density at radius 2 is 1.76 bits per heavy atom. The van der Waals surface area contributed by atoms with Gasteiger partial charge in [-0.1, -0.05) is 48.5 Å². The fraction of sp³-hybridized carbons (Fsp3) is 0.235. The molecule has 0 bridgehead atoms. The first-order valence-electron chi connectivity index (χ1n) is 6.99. The van der Waals surface area contributed by atoms with Gasteiger partial charge in [0.05, 0.1) is 0 Å². The third-order valence-corrected chi connectivity index (χ3v) is 3.32. The molecule has 0 aliphatic rings. The highest BCUT2D eigenvalue weighted by Crippen LogP contribution is 2.27. The fourth-order valence-electron chi connectivity index (χ4n) is 2.05. The topological polar surface area (TPSA) is 33.3 Å². The Morgan fingerprint density at radius 3 is 2.52 bits per heavy atom. The second-order valence-corrected chi connectivity index (χ2v) is 5.05. The molecule has 0 atom stereocenters. The van der Waals surface area contributed by atoms with E-state index in [4.69, 9.17) is 17.0 Å². The van der Waals surface area contributed by atoms with E-state index in [0.29, 0.717) is 5.11 Å². The van der Waals surface area contributed by atoms with Gasteiger partial charge in [-0.2, -0.15) is 0 Å². The molecule has 0 aromatic heterocycles. The van der Waals surface area contributed by atoms with Crippen molar-refractivity contribution < 1.29 is 4.74 Å². The van der Waals surface area contributed by atoms with E-state index < -0.39 is 0 Å². The number of benzene rings is 2. The van der Waals surface area contributed by atoms with Gasteiger partial charge < -0.3 is 15.4 Å². The van der Waals surface area contributed by atoms with Crippen LogP contribution in [-0.4, -0.2) is 25.4 Å². The summed E-state index contributed by atoms with van der Waals surface area (Å²) in [4.78, 5) is 0. The molecule has 2 aromatic carbocycles. The molecular weight excluding hydrogens is 280 g/mol. The molecule has 0 aliphatic carbocycles. The molecule has 2 rings (SSSR count). The predicted octanol–water partition coefficient (Wildman–Crippen LogP) is 3.68. The zero-order valence-electron chi connectivity index (χ0n) is 12.1. The smallest absolute Gasteiger partial charge is 0.170 e. The van der Waals surface area contributed by atoms with Crippen LogP contribution in [0.25, 0.3) is 11.1 Å². The van der Waals surface area contributed by atoms with Crippen molar-refractivity contribution in [3.05, 3.63) is 54.6 Å². The Morgan fingerprint density at radius 1 is 1.05 bits per heavy atom. The van der Waals surface area contributed by atoms with E-state index in [0.717, 1.165) is 30.8 Å². The van der Waals surface area contributed by atoms with Gasteiger partial charge in [0.1, 0.15) is 0 Å². The van der Waals surface area contributed by atoms with Crippen LogP contribution in [0.4, 0.5) is 5.69 Å². The lowest BCUT2D eigenvalue weighted by Crippen LogP contribution is -2.29. The van der Waals surface area contributed by atoms with E-state index in [1.807, 2.05) is 36.4 Å². The van der Waals surface area contributed by atoms with Crippen LogP contribution >= 0.6 is 12.2 Å². The van der Waals surface area contributed by atoms with Gasteiger partial charge in [-0.15, -0.1) is 0 Å². The maximum absolute atomic E-state index is 5.33. The van der Waals surface area contributed by atoms with E-state index in [9.17, 15) is 0 Å². The van der Waals surface area contributed by atoms with E-state index in [-0.39, 0.29) is 0 Å². The summed E-state index contributed by atoms with van der Waals surface area (Å²) in [7, 11) is 1.70. The summed E-state index contributed by atoms with van der Waals surface area (Å²) in [6.45, 7) is 1.53. The zero-order valence-corrected chi connectivity index (χ0v) is 13.0. The van der Waals surface area contributed by atoms with Crippen molar-refractivity contribution in [1.29, 1.82) is 0 Å². The van der Waals surface area contributed by atoms with Gasteiger partial charge in [0.25, 0.3) is 0 Å². The maximum Gasteiger partial charge on any atom is 0.170 e. The SMILES string of the molecule is COCCCNC(=S)Nc1ccccc1-c1ccccc1. The zero-order chi connectivity index (χ0) is 14.9. The molecule has 0 saturated carbocycles. The van der Waals surface area contributed by atoms with Crippen LogP contribution in [0.3, 0.4) is 0 Å². The highest BCUT2D eigenvalue weighted by Gasteiger charge is 2.05. The summed E-state index contributed by atoms with van der Waals surface area (Å²) in [6, 6.07) is 18.4. The monoisotopic (exact) mass is 300 g/mol. The van der Waals surface area contributed by atoms with Crippen LogP contribution in [0, 0.1) is 0 Å². The minimum Gasteiger partial charge on any atom is -0.385 e. The Bertz CT molecular complexity index is 572. The molecule has 2 N–H and O–H groups in total. The second-order valence-electron chi connectivity index (χ2n) is 4.64. The van der Waals surface area contributed by atoms with E-state index in [1.165, 1.54) is 5.56 Å². The van der Waals surface area contributed by atoms with Gasteiger partial charge in [-0.05, 0) is 30.3 Å². The number of anilines is 1. The Kier molecular flexibility index (Phi) is 6.19. The number of ether oxygens (including phenoxy) is 1. The molecule has 0 heterocycles. The van der Waals surface area contributed by atoms with Crippen molar-refractivity contribution in [2.24, 2.45) is 0 Å². The minimum atomic E-state index is 0.634. The minimum absolute atomic E-state index is 0.634. The normalized spacial score (nSPS) is 10.1. The van der Waals surface area contributed by atoms with Gasteiger partial charge in [0.2, 0.25) is 0 Å². The molecule has 0 amide bonds. The molecule has 4 heteroatoms. The van der Waals surface area contributed by atoms with Gasteiger partial charge in [0, 0.05) is 31.5 Å². The van der Waals surface area contributed by atoms with Crippen LogP contribution in [0.15, 0.2) is 54.6 Å². The van der Waals surface area contributed by atoms with Crippen molar-refractivity contribution in [1.82, 2.24) is 5.32 Å². The largest absolute Gasteiger partial charge is 0.385 e. The number of nitrogens with one attached hydrogen (secondary N) is 2. The third-order valence-electron chi connectivity index (χ3n) is 3.07. The highest BCUT2D eigenvalue weighted by atomic mass is 32.1. The summed E-state index contributed by atoms with van der Waals surface area (Å²) in [6.07, 6.45) is 0.929. The Balaban J connectivity index is 2.02. The summed E-state index contributed by atoms with van der Waals surface area (Å²) in [5.74, 6) is 0. The van der Waals surface area contributed by atoms with Crippen LogP contribution in [-0.2, 0) is 4.74 Å². The van der Waals surface area contributed by atoms with Gasteiger partial charge >= 0.3 is 0 Å². The number of hydrogen-bond donors (Lipinski definition) is 2. The van der Waals surface area contributed by atoms with Crippen LogP contribution in [0.1, 0.15) is 6.42 Å². The number of rotatable bonds is 6. The first kappa shape index (κ1) is 15.5. The molecule has 21 heavy (non-hydrogen) atoms. The molecular formula is C17H20N2OS. The lowest BCUT2D eigenvalue weighted by molar-refractivity contribution is 0.196. The van der Waals surface area contributed by atoms with Crippen molar-refractivity contribution in [2.45, 2.75) is 6.42 Å². The van der Waals surface area contributed by atoms with E-state index in [2.05, 4.69) is 28.8 Å². The molecule has 110 valence electrons.